The van der Waals surface area contributed by atoms with Crippen molar-refractivity contribution in [3.8, 4) is 6.07 Å². The number of hydrogen-bond donors (Lipinski definition) is 0. The van der Waals surface area contributed by atoms with E-state index in [-0.39, 0.29) is 5.56 Å². The van der Waals surface area contributed by atoms with Gasteiger partial charge in [-0.1, -0.05) is 0 Å². The highest BCUT2D eigenvalue weighted by molar-refractivity contribution is 9.11. The first-order valence-electron chi connectivity index (χ1n) is 3.57. The molecule has 0 N–H and O–H groups in total. The highest BCUT2D eigenvalue weighted by Crippen LogP contribution is 2.12. The van der Waals surface area contributed by atoms with Crippen LogP contribution >= 0.6 is 31.9 Å². The Hall–Kier alpha value is -0.600. The van der Waals surface area contributed by atoms with Gasteiger partial charge in [0.25, 0.3) is 5.56 Å². The number of halogens is 2. The molecule has 0 saturated heterocycles. The third kappa shape index (κ3) is 2.68. The Morgan fingerprint density at radius 3 is 2.85 bits per heavy atom. The van der Waals surface area contributed by atoms with Gasteiger partial charge in [-0.2, -0.15) is 5.26 Å². The van der Waals surface area contributed by atoms with Gasteiger partial charge in [0.1, 0.15) is 0 Å². The van der Waals surface area contributed by atoms with Crippen LogP contribution in [-0.4, -0.2) is 4.57 Å². The standard InChI is InChI=1S/C8H6Br2N2O/c9-6-4-7(10)8(13)12(5-6)3-1-2-11/h4-5H,1,3H2. The van der Waals surface area contributed by atoms with Gasteiger partial charge >= 0.3 is 0 Å². The van der Waals surface area contributed by atoms with Crippen molar-refractivity contribution in [2.24, 2.45) is 0 Å². The van der Waals surface area contributed by atoms with Crippen LogP contribution in [0.5, 0.6) is 0 Å². The van der Waals surface area contributed by atoms with E-state index >= 15 is 0 Å². The summed E-state index contributed by atoms with van der Waals surface area (Å²) in [5, 5.41) is 8.37. The lowest BCUT2D eigenvalue weighted by atomic mass is 10.4. The highest BCUT2D eigenvalue weighted by Gasteiger charge is 2.01. The van der Waals surface area contributed by atoms with Crippen molar-refractivity contribution in [3.63, 3.8) is 0 Å². The molecule has 1 heterocycles. The Bertz CT molecular complexity index is 406. The van der Waals surface area contributed by atoms with Crippen LogP contribution in [0.15, 0.2) is 26.0 Å². The zero-order valence-corrected chi connectivity index (χ0v) is 9.80. The maximum Gasteiger partial charge on any atom is 0.264 e. The van der Waals surface area contributed by atoms with Gasteiger partial charge in [-0.05, 0) is 37.9 Å². The van der Waals surface area contributed by atoms with Gasteiger partial charge in [-0.15, -0.1) is 0 Å². The first-order valence-corrected chi connectivity index (χ1v) is 5.16. The van der Waals surface area contributed by atoms with Gasteiger partial charge in [-0.3, -0.25) is 4.79 Å². The molecule has 0 aliphatic carbocycles. The lowest BCUT2D eigenvalue weighted by Gasteiger charge is -2.03. The maximum absolute atomic E-state index is 11.4. The number of pyridine rings is 1. The number of hydrogen-bond acceptors (Lipinski definition) is 2. The van der Waals surface area contributed by atoms with Crippen molar-refractivity contribution in [1.29, 1.82) is 5.26 Å². The molecule has 0 aromatic carbocycles. The third-order valence-corrected chi connectivity index (χ3v) is 2.48. The maximum atomic E-state index is 11.4. The molecule has 1 aromatic rings. The number of aryl methyl sites for hydroxylation is 1. The average molecular weight is 306 g/mol. The minimum Gasteiger partial charge on any atom is -0.312 e. The van der Waals surface area contributed by atoms with E-state index in [1.165, 1.54) is 4.57 Å². The molecule has 0 spiro atoms. The summed E-state index contributed by atoms with van der Waals surface area (Å²) < 4.78 is 2.81. The predicted octanol–water partition coefficient (Wildman–Crippen LogP) is 2.29. The second-order valence-corrected chi connectivity index (χ2v) is 4.18. The van der Waals surface area contributed by atoms with Crippen LogP contribution in [0, 0.1) is 11.3 Å². The normalized spacial score (nSPS) is 9.62. The molecule has 0 aliphatic rings. The molecule has 0 atom stereocenters. The molecule has 0 radical (unpaired) electrons. The van der Waals surface area contributed by atoms with E-state index in [0.29, 0.717) is 17.4 Å². The fourth-order valence-corrected chi connectivity index (χ4v) is 2.16. The zero-order valence-electron chi connectivity index (χ0n) is 6.63. The van der Waals surface area contributed by atoms with Crippen LogP contribution in [0.3, 0.4) is 0 Å². The second-order valence-electron chi connectivity index (χ2n) is 2.41. The Kier molecular flexibility index (Phi) is 3.70. The summed E-state index contributed by atoms with van der Waals surface area (Å²) in [6.07, 6.45) is 2.01. The minimum atomic E-state index is -0.113. The molecule has 0 aliphatic heterocycles. The molecule has 0 saturated carbocycles. The number of nitrogens with zero attached hydrogens (tertiary/aromatic N) is 2. The van der Waals surface area contributed by atoms with Crippen LogP contribution in [0.25, 0.3) is 0 Å². The largest absolute Gasteiger partial charge is 0.312 e. The SMILES string of the molecule is N#CCCn1cc(Br)cc(Br)c1=O. The summed E-state index contributed by atoms with van der Waals surface area (Å²) in [5.41, 5.74) is -0.113. The molecule has 5 heteroatoms. The van der Waals surface area contributed by atoms with Gasteiger partial charge in [0.15, 0.2) is 0 Å². The Labute approximate surface area is 92.2 Å². The van der Waals surface area contributed by atoms with E-state index in [1.807, 2.05) is 6.07 Å². The van der Waals surface area contributed by atoms with Crippen molar-refractivity contribution in [1.82, 2.24) is 4.57 Å². The quantitative estimate of drug-likeness (QED) is 0.841. The lowest BCUT2D eigenvalue weighted by molar-refractivity contribution is 0.680. The van der Waals surface area contributed by atoms with Gasteiger partial charge in [-0.25, -0.2) is 0 Å². The molecular formula is C8H6Br2N2O. The Morgan fingerprint density at radius 2 is 2.23 bits per heavy atom. The summed E-state index contributed by atoms with van der Waals surface area (Å²) in [6, 6.07) is 3.68. The first kappa shape index (κ1) is 10.5. The van der Waals surface area contributed by atoms with Crippen molar-refractivity contribution >= 4 is 31.9 Å². The van der Waals surface area contributed by atoms with E-state index < -0.39 is 0 Å². The molecule has 1 aromatic heterocycles. The van der Waals surface area contributed by atoms with Crippen molar-refractivity contribution < 1.29 is 0 Å². The Morgan fingerprint density at radius 1 is 1.54 bits per heavy atom. The van der Waals surface area contributed by atoms with Gasteiger partial charge in [0, 0.05) is 17.2 Å². The molecule has 0 fully saturated rings. The van der Waals surface area contributed by atoms with Crippen molar-refractivity contribution in [3.05, 3.63) is 31.6 Å². The predicted molar refractivity (Wildman–Crippen MR) is 56.3 cm³/mol. The molecule has 0 amide bonds. The third-order valence-electron chi connectivity index (χ3n) is 1.47. The molecule has 13 heavy (non-hydrogen) atoms. The molecule has 68 valence electrons. The van der Waals surface area contributed by atoms with Crippen LogP contribution in [-0.2, 0) is 6.54 Å². The van der Waals surface area contributed by atoms with Crippen LogP contribution in [0.2, 0.25) is 0 Å². The van der Waals surface area contributed by atoms with Gasteiger partial charge in [0.2, 0.25) is 0 Å². The van der Waals surface area contributed by atoms with Crippen LogP contribution < -0.4 is 5.56 Å². The fourth-order valence-electron chi connectivity index (χ4n) is 0.901. The summed E-state index contributed by atoms with van der Waals surface area (Å²) >= 11 is 6.41. The molecule has 1 rings (SSSR count). The summed E-state index contributed by atoms with van der Waals surface area (Å²) in [6.45, 7) is 0.424. The Balaban J connectivity index is 3.07. The van der Waals surface area contributed by atoms with Gasteiger partial charge in [0.05, 0.1) is 17.0 Å². The highest BCUT2D eigenvalue weighted by atomic mass is 79.9. The van der Waals surface area contributed by atoms with Crippen molar-refractivity contribution in [2.45, 2.75) is 13.0 Å². The van der Waals surface area contributed by atoms with E-state index in [0.717, 1.165) is 4.47 Å². The van der Waals surface area contributed by atoms with E-state index in [2.05, 4.69) is 31.9 Å². The molecular weight excluding hydrogens is 300 g/mol. The number of rotatable bonds is 2. The van der Waals surface area contributed by atoms with Crippen LogP contribution in [0.4, 0.5) is 0 Å². The van der Waals surface area contributed by atoms with E-state index in [9.17, 15) is 4.79 Å². The second kappa shape index (κ2) is 4.58. The molecule has 3 nitrogen and oxygen atoms in total. The van der Waals surface area contributed by atoms with E-state index in [1.54, 1.807) is 12.3 Å². The van der Waals surface area contributed by atoms with Crippen molar-refractivity contribution in [2.75, 3.05) is 0 Å². The minimum absolute atomic E-state index is 0.113. The molecule has 0 unspecified atom stereocenters. The topological polar surface area (TPSA) is 45.8 Å². The van der Waals surface area contributed by atoms with Gasteiger partial charge < -0.3 is 4.57 Å². The number of nitriles is 1. The monoisotopic (exact) mass is 304 g/mol. The fraction of sp³-hybridized carbons (Fsp3) is 0.250. The van der Waals surface area contributed by atoms with E-state index in [4.69, 9.17) is 5.26 Å². The first-order chi connectivity index (χ1) is 6.15. The zero-order chi connectivity index (χ0) is 9.84. The molecule has 0 bridgehead atoms. The average Bonchev–Trinajstić information content (AvgIpc) is 2.09. The summed E-state index contributed by atoms with van der Waals surface area (Å²) in [7, 11) is 0. The number of aromatic nitrogens is 1. The lowest BCUT2D eigenvalue weighted by Crippen LogP contribution is -2.19. The smallest absolute Gasteiger partial charge is 0.264 e. The van der Waals surface area contributed by atoms with Crippen LogP contribution in [0.1, 0.15) is 6.42 Å². The summed E-state index contributed by atoms with van der Waals surface area (Å²) in [5.74, 6) is 0. The summed E-state index contributed by atoms with van der Waals surface area (Å²) in [4.78, 5) is 11.4.